The largest absolute Gasteiger partial charge is 0.497 e. The van der Waals surface area contributed by atoms with Crippen LogP contribution in [0.2, 0.25) is 0 Å². The van der Waals surface area contributed by atoms with E-state index in [4.69, 9.17) is 26.4 Å². The number of fused-ring (bicyclic) bond motifs is 2. The fraction of sp³-hybridized carbons (Fsp3) is 0.214. The summed E-state index contributed by atoms with van der Waals surface area (Å²) in [7, 11) is 1.63. The SMILES string of the molecule is COc1ccc(NC(=S)N(CCc2cccc(C)c2)Cc2cc3cc4c(cc3[nH]c2=O)OCO4)cc1. The number of hydrogen-bond donors (Lipinski definition) is 2. The van der Waals surface area contributed by atoms with Gasteiger partial charge in [0.15, 0.2) is 16.6 Å². The number of thiocarbonyl (C=S) groups is 1. The summed E-state index contributed by atoms with van der Waals surface area (Å²) in [6, 6.07) is 21.6. The minimum absolute atomic E-state index is 0.158. The number of nitrogens with zero attached hydrogens (tertiary/aromatic N) is 1. The lowest BCUT2D eigenvalue weighted by Gasteiger charge is -2.26. The van der Waals surface area contributed by atoms with Crippen molar-refractivity contribution in [3.05, 3.63) is 93.8 Å². The first-order valence-electron chi connectivity index (χ1n) is 11.7. The molecule has 2 N–H and O–H groups in total. The molecule has 0 radical (unpaired) electrons. The van der Waals surface area contributed by atoms with E-state index >= 15 is 0 Å². The van der Waals surface area contributed by atoms with Gasteiger partial charge in [-0.2, -0.15) is 0 Å². The van der Waals surface area contributed by atoms with E-state index < -0.39 is 0 Å². The molecule has 5 rings (SSSR count). The molecule has 3 aromatic carbocycles. The van der Waals surface area contributed by atoms with Crippen LogP contribution in [0, 0.1) is 6.92 Å². The van der Waals surface area contributed by atoms with Crippen molar-refractivity contribution < 1.29 is 14.2 Å². The molecule has 1 aliphatic rings. The summed E-state index contributed by atoms with van der Waals surface area (Å²) in [6.07, 6.45) is 0.788. The summed E-state index contributed by atoms with van der Waals surface area (Å²) < 4.78 is 16.2. The number of methoxy groups -OCH3 is 1. The maximum Gasteiger partial charge on any atom is 0.253 e. The average molecular weight is 502 g/mol. The zero-order valence-corrected chi connectivity index (χ0v) is 21.0. The maximum absolute atomic E-state index is 13.0. The highest BCUT2D eigenvalue weighted by Gasteiger charge is 2.18. The van der Waals surface area contributed by atoms with E-state index in [0.29, 0.717) is 40.8 Å². The zero-order valence-electron chi connectivity index (χ0n) is 20.2. The lowest BCUT2D eigenvalue weighted by Crippen LogP contribution is -2.37. The number of rotatable bonds is 7. The first-order valence-corrected chi connectivity index (χ1v) is 12.1. The molecule has 0 spiro atoms. The number of hydrogen-bond acceptors (Lipinski definition) is 5. The van der Waals surface area contributed by atoms with E-state index in [1.807, 2.05) is 41.3 Å². The van der Waals surface area contributed by atoms with Crippen LogP contribution in [-0.4, -0.2) is 35.4 Å². The molecule has 0 bridgehead atoms. The molecule has 0 saturated carbocycles. The van der Waals surface area contributed by atoms with Gasteiger partial charge in [0.2, 0.25) is 6.79 Å². The molecule has 4 aromatic rings. The van der Waals surface area contributed by atoms with Crippen LogP contribution in [0.15, 0.2) is 71.5 Å². The highest BCUT2D eigenvalue weighted by Crippen LogP contribution is 2.35. The molecule has 36 heavy (non-hydrogen) atoms. The van der Waals surface area contributed by atoms with Crippen molar-refractivity contribution >= 4 is 33.9 Å². The molecular formula is C28H27N3O4S. The summed E-state index contributed by atoms with van der Waals surface area (Å²) in [5.74, 6) is 2.08. The van der Waals surface area contributed by atoms with Gasteiger partial charge in [0.05, 0.1) is 19.2 Å². The van der Waals surface area contributed by atoms with Gasteiger partial charge in [0.1, 0.15) is 5.75 Å². The van der Waals surface area contributed by atoms with Crippen LogP contribution in [0.3, 0.4) is 0 Å². The van der Waals surface area contributed by atoms with Crippen molar-refractivity contribution in [2.24, 2.45) is 0 Å². The second kappa shape index (κ2) is 10.3. The predicted octanol–water partition coefficient (Wildman–Crippen LogP) is 5.02. The quantitative estimate of drug-likeness (QED) is 0.345. The molecule has 7 nitrogen and oxygen atoms in total. The fourth-order valence-corrected chi connectivity index (χ4v) is 4.50. The van der Waals surface area contributed by atoms with Crippen LogP contribution in [-0.2, 0) is 13.0 Å². The van der Waals surface area contributed by atoms with Crippen LogP contribution < -0.4 is 25.1 Å². The minimum Gasteiger partial charge on any atom is -0.497 e. The van der Waals surface area contributed by atoms with Crippen molar-refractivity contribution in [2.75, 3.05) is 25.8 Å². The lowest BCUT2D eigenvalue weighted by atomic mass is 10.1. The van der Waals surface area contributed by atoms with Gasteiger partial charge < -0.3 is 29.4 Å². The van der Waals surface area contributed by atoms with Gasteiger partial charge >= 0.3 is 0 Å². The number of pyridine rings is 1. The van der Waals surface area contributed by atoms with Gasteiger partial charge in [-0.05, 0) is 67.5 Å². The second-order valence-corrected chi connectivity index (χ2v) is 9.12. The number of ether oxygens (including phenoxy) is 3. The molecule has 184 valence electrons. The Balaban J connectivity index is 1.41. The van der Waals surface area contributed by atoms with E-state index in [1.54, 1.807) is 13.2 Å². The molecule has 0 aliphatic carbocycles. The van der Waals surface area contributed by atoms with E-state index in [-0.39, 0.29) is 12.4 Å². The third-order valence-corrected chi connectivity index (χ3v) is 6.52. The minimum atomic E-state index is -0.158. The standard InChI is InChI=1S/C28H27N3O4S/c1-18-4-3-5-19(12-18)10-11-31(28(36)29-22-6-8-23(33-2)9-7-22)16-21-13-20-14-25-26(35-17-34-25)15-24(20)30-27(21)32/h3-9,12-15H,10-11,16-17H2,1-2H3,(H,29,36)(H,30,32). The van der Waals surface area contributed by atoms with E-state index in [1.165, 1.54) is 11.1 Å². The Hall–Kier alpha value is -4.04. The van der Waals surface area contributed by atoms with Gasteiger partial charge in [-0.1, -0.05) is 29.8 Å². The number of H-pyrrole nitrogens is 1. The van der Waals surface area contributed by atoms with Crippen molar-refractivity contribution in [1.82, 2.24) is 9.88 Å². The van der Waals surface area contributed by atoms with Crippen LogP contribution in [0.1, 0.15) is 16.7 Å². The third kappa shape index (κ3) is 5.28. The first kappa shape index (κ1) is 23.7. The van der Waals surface area contributed by atoms with Gasteiger partial charge in [0, 0.05) is 29.2 Å². The van der Waals surface area contributed by atoms with Crippen molar-refractivity contribution in [3.63, 3.8) is 0 Å². The summed E-state index contributed by atoms with van der Waals surface area (Å²) in [5.41, 5.74) is 4.44. The van der Waals surface area contributed by atoms with Crippen molar-refractivity contribution in [1.29, 1.82) is 0 Å². The fourth-order valence-electron chi connectivity index (χ4n) is 4.23. The zero-order chi connectivity index (χ0) is 25.1. The number of nitrogens with one attached hydrogen (secondary N) is 2. The Morgan fingerprint density at radius 1 is 1.08 bits per heavy atom. The van der Waals surface area contributed by atoms with E-state index in [0.717, 1.165) is 23.2 Å². The highest BCUT2D eigenvalue weighted by atomic mass is 32.1. The van der Waals surface area contributed by atoms with Gasteiger partial charge in [-0.3, -0.25) is 4.79 Å². The second-order valence-electron chi connectivity index (χ2n) is 8.74. The molecule has 2 heterocycles. The Bertz CT molecular complexity index is 1470. The molecule has 8 heteroatoms. The predicted molar refractivity (Wildman–Crippen MR) is 145 cm³/mol. The molecule has 0 unspecified atom stereocenters. The van der Waals surface area contributed by atoms with Crippen LogP contribution >= 0.6 is 12.2 Å². The number of aromatic amines is 1. The van der Waals surface area contributed by atoms with Gasteiger partial charge in [0.25, 0.3) is 5.56 Å². The molecule has 1 aliphatic heterocycles. The number of benzene rings is 3. The molecular weight excluding hydrogens is 474 g/mol. The van der Waals surface area contributed by atoms with Gasteiger partial charge in [-0.15, -0.1) is 0 Å². The summed E-state index contributed by atoms with van der Waals surface area (Å²) in [5, 5.41) is 4.72. The Morgan fingerprint density at radius 3 is 2.61 bits per heavy atom. The molecule has 0 saturated heterocycles. The van der Waals surface area contributed by atoms with Crippen molar-refractivity contribution in [3.8, 4) is 17.2 Å². The summed E-state index contributed by atoms with van der Waals surface area (Å²) in [4.78, 5) is 18.0. The van der Waals surface area contributed by atoms with Crippen molar-refractivity contribution in [2.45, 2.75) is 19.9 Å². The van der Waals surface area contributed by atoms with Crippen LogP contribution in [0.5, 0.6) is 17.2 Å². The summed E-state index contributed by atoms with van der Waals surface area (Å²) in [6.45, 7) is 3.26. The summed E-state index contributed by atoms with van der Waals surface area (Å²) >= 11 is 5.80. The topological polar surface area (TPSA) is 75.8 Å². The van der Waals surface area contributed by atoms with Crippen LogP contribution in [0.4, 0.5) is 5.69 Å². The Morgan fingerprint density at radius 2 is 1.86 bits per heavy atom. The van der Waals surface area contributed by atoms with Gasteiger partial charge in [-0.25, -0.2) is 0 Å². The third-order valence-electron chi connectivity index (χ3n) is 6.16. The van der Waals surface area contributed by atoms with E-state index in [9.17, 15) is 4.79 Å². The molecule has 0 amide bonds. The Labute approximate surface area is 214 Å². The monoisotopic (exact) mass is 501 g/mol. The average Bonchev–Trinajstić information content (AvgIpc) is 3.33. The smallest absolute Gasteiger partial charge is 0.253 e. The molecule has 0 atom stereocenters. The van der Waals surface area contributed by atoms with E-state index in [2.05, 4.69) is 41.5 Å². The number of aryl methyl sites for hydroxylation is 1. The van der Waals surface area contributed by atoms with Crippen LogP contribution in [0.25, 0.3) is 10.9 Å². The normalized spacial score (nSPS) is 11.9. The Kier molecular flexibility index (Phi) is 6.77. The molecule has 1 aromatic heterocycles. The maximum atomic E-state index is 13.0. The highest BCUT2D eigenvalue weighted by molar-refractivity contribution is 7.80. The number of anilines is 1. The molecule has 0 fully saturated rings. The lowest BCUT2D eigenvalue weighted by molar-refractivity contribution is 0.174. The first-order chi connectivity index (χ1) is 17.5. The number of aromatic nitrogens is 1.